The Balaban J connectivity index is 1.63. The van der Waals surface area contributed by atoms with Crippen LogP contribution in [0.2, 0.25) is 0 Å². The largest absolute Gasteiger partial charge is 0.497 e. The molecule has 21 heavy (non-hydrogen) atoms. The van der Waals surface area contributed by atoms with E-state index in [0.29, 0.717) is 24.3 Å². The SMILES string of the molecule is COc1ccc(CN(C(=O)C[C@H]2C=CCC2)C2CC2)cc1. The smallest absolute Gasteiger partial charge is 0.223 e. The summed E-state index contributed by atoms with van der Waals surface area (Å²) in [6, 6.07) is 8.49. The zero-order chi connectivity index (χ0) is 14.7. The van der Waals surface area contributed by atoms with Crippen LogP contribution in [-0.2, 0) is 11.3 Å². The predicted octanol–water partition coefficient (Wildman–Crippen LogP) is 3.54. The topological polar surface area (TPSA) is 29.5 Å². The molecule has 2 aliphatic rings. The number of ether oxygens (including phenoxy) is 1. The van der Waals surface area contributed by atoms with E-state index in [0.717, 1.165) is 38.0 Å². The molecule has 0 unspecified atom stereocenters. The van der Waals surface area contributed by atoms with Crippen molar-refractivity contribution < 1.29 is 9.53 Å². The van der Waals surface area contributed by atoms with Gasteiger partial charge in [0.05, 0.1) is 7.11 Å². The van der Waals surface area contributed by atoms with E-state index in [1.165, 1.54) is 5.56 Å². The number of rotatable bonds is 6. The summed E-state index contributed by atoms with van der Waals surface area (Å²) >= 11 is 0. The molecule has 0 aromatic heterocycles. The number of nitrogens with zero attached hydrogens (tertiary/aromatic N) is 1. The minimum absolute atomic E-state index is 0.310. The Labute approximate surface area is 126 Å². The molecule has 0 spiro atoms. The quantitative estimate of drug-likeness (QED) is 0.748. The van der Waals surface area contributed by atoms with Crippen LogP contribution >= 0.6 is 0 Å². The summed E-state index contributed by atoms with van der Waals surface area (Å²) in [5, 5.41) is 0. The molecular weight excluding hydrogens is 262 g/mol. The van der Waals surface area contributed by atoms with Crippen molar-refractivity contribution in [2.75, 3.05) is 7.11 Å². The summed E-state index contributed by atoms with van der Waals surface area (Å²) in [7, 11) is 1.67. The predicted molar refractivity (Wildman–Crippen MR) is 83.0 cm³/mol. The highest BCUT2D eigenvalue weighted by Gasteiger charge is 2.33. The van der Waals surface area contributed by atoms with Crippen LogP contribution in [0, 0.1) is 5.92 Å². The fourth-order valence-electron chi connectivity index (χ4n) is 2.94. The second kappa shape index (κ2) is 6.33. The van der Waals surface area contributed by atoms with Gasteiger partial charge in [-0.05, 0) is 49.3 Å². The lowest BCUT2D eigenvalue weighted by Crippen LogP contribution is -2.33. The van der Waals surface area contributed by atoms with Crippen molar-refractivity contribution in [2.24, 2.45) is 5.92 Å². The molecule has 3 rings (SSSR count). The Morgan fingerprint density at radius 3 is 2.57 bits per heavy atom. The molecule has 0 heterocycles. The zero-order valence-corrected chi connectivity index (χ0v) is 12.6. The van der Waals surface area contributed by atoms with Gasteiger partial charge in [-0.1, -0.05) is 24.3 Å². The number of hydrogen-bond acceptors (Lipinski definition) is 2. The maximum atomic E-state index is 12.6. The van der Waals surface area contributed by atoms with E-state index in [2.05, 4.69) is 29.2 Å². The average molecular weight is 285 g/mol. The van der Waals surface area contributed by atoms with Crippen LogP contribution in [0.3, 0.4) is 0 Å². The van der Waals surface area contributed by atoms with Gasteiger partial charge in [-0.15, -0.1) is 0 Å². The van der Waals surface area contributed by atoms with Crippen LogP contribution in [0.5, 0.6) is 5.75 Å². The Kier molecular flexibility index (Phi) is 4.28. The first-order valence-electron chi connectivity index (χ1n) is 7.85. The molecule has 1 saturated carbocycles. The van der Waals surface area contributed by atoms with E-state index in [4.69, 9.17) is 4.74 Å². The minimum Gasteiger partial charge on any atom is -0.497 e. The Morgan fingerprint density at radius 1 is 1.24 bits per heavy atom. The van der Waals surface area contributed by atoms with Gasteiger partial charge in [0.25, 0.3) is 0 Å². The van der Waals surface area contributed by atoms with E-state index < -0.39 is 0 Å². The molecule has 1 atom stereocenters. The van der Waals surface area contributed by atoms with E-state index in [9.17, 15) is 4.79 Å². The monoisotopic (exact) mass is 285 g/mol. The van der Waals surface area contributed by atoms with Gasteiger partial charge < -0.3 is 9.64 Å². The summed E-state index contributed by atoms with van der Waals surface area (Å²) in [6.45, 7) is 0.726. The number of amides is 1. The maximum absolute atomic E-state index is 12.6. The van der Waals surface area contributed by atoms with Gasteiger partial charge in [0, 0.05) is 19.0 Å². The number of allylic oxidation sites excluding steroid dienone is 2. The fourth-order valence-corrected chi connectivity index (χ4v) is 2.94. The van der Waals surface area contributed by atoms with Crippen molar-refractivity contribution in [1.29, 1.82) is 0 Å². The fraction of sp³-hybridized carbons (Fsp3) is 0.500. The van der Waals surface area contributed by atoms with Gasteiger partial charge in [0.2, 0.25) is 5.91 Å². The molecule has 1 amide bonds. The Bertz CT molecular complexity index is 517. The number of carbonyl (C=O) groups is 1. The van der Waals surface area contributed by atoms with Gasteiger partial charge >= 0.3 is 0 Å². The maximum Gasteiger partial charge on any atom is 0.223 e. The van der Waals surface area contributed by atoms with E-state index in [1.807, 2.05) is 12.1 Å². The highest BCUT2D eigenvalue weighted by atomic mass is 16.5. The molecular formula is C18H23NO2. The summed E-state index contributed by atoms with van der Waals surface area (Å²) < 4.78 is 5.18. The lowest BCUT2D eigenvalue weighted by Gasteiger charge is -2.24. The molecule has 0 bridgehead atoms. The summed E-state index contributed by atoms with van der Waals surface area (Å²) in [5.74, 6) is 1.62. The van der Waals surface area contributed by atoms with Crippen molar-refractivity contribution in [2.45, 2.75) is 44.7 Å². The standard InChI is InChI=1S/C18H23NO2/c1-21-17-10-6-15(7-11-17)13-19(16-8-9-16)18(20)12-14-4-2-3-5-14/h2,4,6-7,10-11,14,16H,3,5,8-9,12-13H2,1H3/t14-/m0/s1. The van der Waals surface area contributed by atoms with Crippen molar-refractivity contribution in [3.8, 4) is 5.75 Å². The number of carbonyl (C=O) groups excluding carboxylic acids is 1. The van der Waals surface area contributed by atoms with E-state index in [1.54, 1.807) is 7.11 Å². The molecule has 0 N–H and O–H groups in total. The van der Waals surface area contributed by atoms with Crippen LogP contribution in [-0.4, -0.2) is 24.0 Å². The highest BCUT2D eigenvalue weighted by molar-refractivity contribution is 5.77. The van der Waals surface area contributed by atoms with Crippen molar-refractivity contribution in [3.05, 3.63) is 42.0 Å². The zero-order valence-electron chi connectivity index (χ0n) is 12.6. The normalized spacial score (nSPS) is 20.5. The first kappa shape index (κ1) is 14.2. The molecule has 1 fully saturated rings. The van der Waals surface area contributed by atoms with Gasteiger partial charge in [0.1, 0.15) is 5.75 Å². The lowest BCUT2D eigenvalue weighted by atomic mass is 10.0. The third-order valence-corrected chi connectivity index (χ3v) is 4.37. The molecule has 112 valence electrons. The first-order valence-corrected chi connectivity index (χ1v) is 7.85. The van der Waals surface area contributed by atoms with E-state index >= 15 is 0 Å². The molecule has 2 aliphatic carbocycles. The molecule has 0 saturated heterocycles. The third-order valence-electron chi connectivity index (χ3n) is 4.37. The van der Waals surface area contributed by atoms with Gasteiger partial charge in [0.15, 0.2) is 0 Å². The van der Waals surface area contributed by atoms with Crippen molar-refractivity contribution in [1.82, 2.24) is 4.90 Å². The summed E-state index contributed by atoms with van der Waals surface area (Å²) in [4.78, 5) is 14.7. The second-order valence-electron chi connectivity index (χ2n) is 6.07. The molecule has 0 aliphatic heterocycles. The van der Waals surface area contributed by atoms with Gasteiger partial charge in [-0.25, -0.2) is 0 Å². The molecule has 3 nitrogen and oxygen atoms in total. The van der Waals surface area contributed by atoms with Crippen molar-refractivity contribution >= 4 is 5.91 Å². The van der Waals surface area contributed by atoms with Crippen LogP contribution in [0.15, 0.2) is 36.4 Å². The molecule has 3 heteroatoms. The van der Waals surface area contributed by atoms with Gasteiger partial charge in [-0.2, -0.15) is 0 Å². The van der Waals surface area contributed by atoms with Crippen LogP contribution < -0.4 is 4.74 Å². The summed E-state index contributed by atoms with van der Waals surface area (Å²) in [5.41, 5.74) is 1.18. The van der Waals surface area contributed by atoms with Crippen LogP contribution in [0.1, 0.15) is 37.7 Å². The Morgan fingerprint density at radius 2 is 2.00 bits per heavy atom. The number of methoxy groups -OCH3 is 1. The first-order chi connectivity index (χ1) is 10.3. The minimum atomic E-state index is 0.310. The van der Waals surface area contributed by atoms with Gasteiger partial charge in [-0.3, -0.25) is 4.79 Å². The molecule has 0 radical (unpaired) electrons. The third kappa shape index (κ3) is 3.66. The Hall–Kier alpha value is -1.77. The highest BCUT2D eigenvalue weighted by Crippen LogP contribution is 2.31. The number of hydrogen-bond donors (Lipinski definition) is 0. The average Bonchev–Trinajstić information content (AvgIpc) is 3.22. The van der Waals surface area contributed by atoms with Crippen molar-refractivity contribution in [3.63, 3.8) is 0 Å². The molecule has 1 aromatic carbocycles. The molecule has 1 aromatic rings. The number of benzene rings is 1. The van der Waals surface area contributed by atoms with Crippen LogP contribution in [0.25, 0.3) is 0 Å². The summed E-state index contributed by atoms with van der Waals surface area (Å²) in [6.07, 6.45) is 9.64. The second-order valence-corrected chi connectivity index (χ2v) is 6.07. The van der Waals surface area contributed by atoms with E-state index in [-0.39, 0.29) is 0 Å². The lowest BCUT2D eigenvalue weighted by molar-refractivity contribution is -0.133. The van der Waals surface area contributed by atoms with Crippen LogP contribution in [0.4, 0.5) is 0 Å².